The Labute approximate surface area is 85.9 Å². The monoisotopic (exact) mass is 215 g/mol. The predicted octanol–water partition coefficient (Wildman–Crippen LogP) is 1.00. The van der Waals surface area contributed by atoms with E-state index in [1.807, 2.05) is 0 Å². The molecule has 0 aliphatic rings. The number of phenolic OH excluding ortho intramolecular Hbond substituents is 1. The highest BCUT2D eigenvalue weighted by Gasteiger charge is 2.14. The van der Waals surface area contributed by atoms with Crippen LogP contribution in [0.25, 0.3) is 0 Å². The Morgan fingerprint density at radius 1 is 1.57 bits per heavy atom. The molecule has 0 unspecified atom stereocenters. The minimum absolute atomic E-state index is 0.0331. The van der Waals surface area contributed by atoms with E-state index in [1.165, 1.54) is 6.07 Å². The first-order valence-electron chi connectivity index (χ1n) is 3.96. The van der Waals surface area contributed by atoms with Gasteiger partial charge in [0, 0.05) is 11.4 Å². The van der Waals surface area contributed by atoms with Gasteiger partial charge in [0.2, 0.25) is 0 Å². The molecule has 0 aromatic heterocycles. The van der Waals surface area contributed by atoms with E-state index in [2.05, 4.69) is 0 Å². The van der Waals surface area contributed by atoms with Crippen LogP contribution in [0, 0.1) is 0 Å². The summed E-state index contributed by atoms with van der Waals surface area (Å²) in [6.07, 6.45) is 0.0817. The maximum Gasteiger partial charge on any atom is 0.320 e. The fraction of sp³-hybridized carbons (Fsp3) is 0.222. The Kier molecular flexibility index (Phi) is 3.33. The third-order valence-electron chi connectivity index (χ3n) is 1.80. The van der Waals surface area contributed by atoms with Crippen LogP contribution in [-0.4, -0.2) is 22.2 Å². The molecule has 0 aliphatic carbocycles. The number of hydrogen-bond donors (Lipinski definition) is 3. The minimum atomic E-state index is -1.10. The molecule has 4 nitrogen and oxygen atoms in total. The number of aliphatic carboxylic acids is 1. The number of hydrogen-bond acceptors (Lipinski definition) is 3. The highest BCUT2D eigenvalue weighted by Crippen LogP contribution is 2.22. The zero-order valence-corrected chi connectivity index (χ0v) is 8.03. The Balaban J connectivity index is 2.82. The van der Waals surface area contributed by atoms with Gasteiger partial charge in [0.15, 0.2) is 0 Å². The molecule has 0 fully saturated rings. The molecule has 14 heavy (non-hydrogen) atoms. The number of carboxylic acids is 1. The van der Waals surface area contributed by atoms with Crippen LogP contribution in [0.15, 0.2) is 18.2 Å². The molecule has 0 saturated heterocycles. The normalized spacial score (nSPS) is 12.4. The van der Waals surface area contributed by atoms with Crippen LogP contribution in [0.1, 0.15) is 5.56 Å². The van der Waals surface area contributed by atoms with E-state index >= 15 is 0 Å². The SMILES string of the molecule is N[C@H](Cc1ccc(Cl)cc1O)C(=O)O. The van der Waals surface area contributed by atoms with Gasteiger partial charge >= 0.3 is 5.97 Å². The van der Waals surface area contributed by atoms with Crippen molar-refractivity contribution in [3.05, 3.63) is 28.8 Å². The molecule has 0 aliphatic heterocycles. The molecule has 0 saturated carbocycles. The van der Waals surface area contributed by atoms with Crippen molar-refractivity contribution in [2.75, 3.05) is 0 Å². The number of phenols is 1. The Morgan fingerprint density at radius 2 is 2.21 bits per heavy atom. The second kappa shape index (κ2) is 4.30. The quantitative estimate of drug-likeness (QED) is 0.703. The summed E-state index contributed by atoms with van der Waals surface area (Å²) in [6.45, 7) is 0. The maximum absolute atomic E-state index is 10.4. The predicted molar refractivity (Wildman–Crippen MR) is 52.4 cm³/mol. The van der Waals surface area contributed by atoms with Crippen molar-refractivity contribution >= 4 is 17.6 Å². The highest BCUT2D eigenvalue weighted by atomic mass is 35.5. The van der Waals surface area contributed by atoms with E-state index < -0.39 is 12.0 Å². The van der Waals surface area contributed by atoms with Crippen molar-refractivity contribution in [1.82, 2.24) is 0 Å². The third kappa shape index (κ3) is 2.61. The van der Waals surface area contributed by atoms with Crippen LogP contribution < -0.4 is 5.73 Å². The molecule has 76 valence electrons. The van der Waals surface area contributed by atoms with E-state index in [-0.39, 0.29) is 12.2 Å². The second-order valence-corrected chi connectivity index (χ2v) is 3.36. The van der Waals surface area contributed by atoms with Crippen LogP contribution in [0.3, 0.4) is 0 Å². The first kappa shape index (κ1) is 10.8. The fourth-order valence-corrected chi connectivity index (χ4v) is 1.20. The van der Waals surface area contributed by atoms with Crippen molar-refractivity contribution in [3.8, 4) is 5.75 Å². The summed E-state index contributed by atoms with van der Waals surface area (Å²) in [5.41, 5.74) is 5.79. The lowest BCUT2D eigenvalue weighted by Crippen LogP contribution is -2.32. The van der Waals surface area contributed by atoms with E-state index in [4.69, 9.17) is 22.4 Å². The number of carbonyl (C=O) groups is 1. The van der Waals surface area contributed by atoms with Gasteiger partial charge in [-0.25, -0.2) is 0 Å². The summed E-state index contributed by atoms with van der Waals surface area (Å²) >= 11 is 5.61. The maximum atomic E-state index is 10.4. The van der Waals surface area contributed by atoms with Gasteiger partial charge in [0.05, 0.1) is 0 Å². The number of aromatic hydroxyl groups is 1. The van der Waals surface area contributed by atoms with Crippen molar-refractivity contribution in [1.29, 1.82) is 0 Å². The molecule has 0 heterocycles. The first-order valence-corrected chi connectivity index (χ1v) is 4.34. The van der Waals surface area contributed by atoms with E-state index in [0.29, 0.717) is 10.6 Å². The molecule has 0 radical (unpaired) electrons. The lowest BCUT2D eigenvalue weighted by atomic mass is 10.1. The molecule has 0 amide bonds. The Bertz CT molecular complexity index is 354. The molecule has 0 spiro atoms. The fourth-order valence-electron chi connectivity index (χ4n) is 1.03. The summed E-state index contributed by atoms with van der Waals surface area (Å²) < 4.78 is 0. The summed E-state index contributed by atoms with van der Waals surface area (Å²) in [4.78, 5) is 10.4. The van der Waals surface area contributed by atoms with Gasteiger partial charge in [-0.05, 0) is 17.7 Å². The zero-order chi connectivity index (χ0) is 10.7. The summed E-state index contributed by atoms with van der Waals surface area (Å²) in [7, 11) is 0. The van der Waals surface area contributed by atoms with Gasteiger partial charge in [-0.1, -0.05) is 17.7 Å². The first-order chi connectivity index (χ1) is 6.50. The Morgan fingerprint density at radius 3 is 2.71 bits per heavy atom. The number of halogens is 1. The summed E-state index contributed by atoms with van der Waals surface area (Å²) in [6, 6.07) is 3.47. The van der Waals surface area contributed by atoms with Crippen molar-refractivity contribution in [2.45, 2.75) is 12.5 Å². The average molecular weight is 216 g/mol. The topological polar surface area (TPSA) is 83.5 Å². The molecule has 1 aromatic rings. The van der Waals surface area contributed by atoms with Gasteiger partial charge in [-0.3, -0.25) is 4.79 Å². The van der Waals surface area contributed by atoms with Crippen molar-refractivity contribution in [3.63, 3.8) is 0 Å². The number of carboxylic acid groups (broad SMARTS) is 1. The molecule has 1 atom stereocenters. The molecule has 5 heteroatoms. The average Bonchev–Trinajstić information content (AvgIpc) is 2.09. The number of nitrogens with two attached hydrogens (primary N) is 1. The molecule has 0 bridgehead atoms. The lowest BCUT2D eigenvalue weighted by molar-refractivity contribution is -0.138. The van der Waals surface area contributed by atoms with E-state index in [9.17, 15) is 9.90 Å². The van der Waals surface area contributed by atoms with Gasteiger partial charge in [0.1, 0.15) is 11.8 Å². The largest absolute Gasteiger partial charge is 0.508 e. The third-order valence-corrected chi connectivity index (χ3v) is 2.04. The van der Waals surface area contributed by atoms with Crippen LogP contribution in [0.2, 0.25) is 5.02 Å². The van der Waals surface area contributed by atoms with Gasteiger partial charge in [0.25, 0.3) is 0 Å². The Hall–Kier alpha value is -1.26. The molecular formula is C9H10ClNO3. The van der Waals surface area contributed by atoms with Crippen LogP contribution in [0.5, 0.6) is 5.75 Å². The van der Waals surface area contributed by atoms with Crippen LogP contribution >= 0.6 is 11.6 Å². The van der Waals surface area contributed by atoms with Gasteiger partial charge in [-0.15, -0.1) is 0 Å². The minimum Gasteiger partial charge on any atom is -0.508 e. The number of rotatable bonds is 3. The van der Waals surface area contributed by atoms with Crippen molar-refractivity contribution in [2.24, 2.45) is 5.73 Å². The van der Waals surface area contributed by atoms with E-state index in [1.54, 1.807) is 12.1 Å². The highest BCUT2D eigenvalue weighted by molar-refractivity contribution is 6.30. The second-order valence-electron chi connectivity index (χ2n) is 2.92. The summed E-state index contributed by atoms with van der Waals surface area (Å²) in [5, 5.41) is 18.3. The van der Waals surface area contributed by atoms with Crippen LogP contribution in [-0.2, 0) is 11.2 Å². The van der Waals surface area contributed by atoms with Crippen LogP contribution in [0.4, 0.5) is 0 Å². The zero-order valence-electron chi connectivity index (χ0n) is 7.27. The van der Waals surface area contributed by atoms with Gasteiger partial charge < -0.3 is 15.9 Å². The van der Waals surface area contributed by atoms with Crippen molar-refractivity contribution < 1.29 is 15.0 Å². The summed E-state index contributed by atoms with van der Waals surface area (Å²) in [5.74, 6) is -1.13. The van der Waals surface area contributed by atoms with Gasteiger partial charge in [-0.2, -0.15) is 0 Å². The lowest BCUT2D eigenvalue weighted by Gasteiger charge is -2.08. The molecule has 1 rings (SSSR count). The number of benzene rings is 1. The molecule has 4 N–H and O–H groups in total. The molecule has 1 aromatic carbocycles. The molecular weight excluding hydrogens is 206 g/mol. The standard InChI is InChI=1S/C9H10ClNO3/c10-6-2-1-5(8(12)4-6)3-7(11)9(13)14/h1-2,4,7,12H,3,11H2,(H,13,14)/t7-/m1/s1. The van der Waals surface area contributed by atoms with E-state index in [0.717, 1.165) is 0 Å². The smallest absolute Gasteiger partial charge is 0.320 e.